The number of ether oxygens (including phenoxy) is 2. The van der Waals surface area contributed by atoms with E-state index in [1.54, 1.807) is 4.68 Å². The molecule has 3 aromatic rings. The van der Waals surface area contributed by atoms with Crippen molar-refractivity contribution >= 4 is 5.91 Å². The fourth-order valence-electron chi connectivity index (χ4n) is 4.28. The van der Waals surface area contributed by atoms with Crippen LogP contribution in [0.5, 0.6) is 11.6 Å². The second-order valence-corrected chi connectivity index (χ2v) is 8.92. The molecule has 5 rings (SSSR count). The van der Waals surface area contributed by atoms with E-state index in [4.69, 9.17) is 9.47 Å². The number of aryl methyl sites for hydroxylation is 1. The molecule has 1 saturated heterocycles. The molecule has 0 radical (unpaired) electrons. The molecule has 6 nitrogen and oxygen atoms in total. The van der Waals surface area contributed by atoms with Crippen molar-refractivity contribution in [2.75, 3.05) is 13.2 Å². The number of amides is 1. The van der Waals surface area contributed by atoms with Crippen LogP contribution in [-0.2, 0) is 16.1 Å². The predicted molar refractivity (Wildman–Crippen MR) is 122 cm³/mol. The Morgan fingerprint density at radius 3 is 2.65 bits per heavy atom. The lowest BCUT2D eigenvalue weighted by molar-refractivity contribution is -0.134. The summed E-state index contributed by atoms with van der Waals surface area (Å²) in [6.07, 6.45) is 3.70. The molecule has 2 fully saturated rings. The van der Waals surface area contributed by atoms with E-state index in [9.17, 15) is 13.6 Å². The highest BCUT2D eigenvalue weighted by molar-refractivity contribution is 5.81. The van der Waals surface area contributed by atoms with Crippen molar-refractivity contribution in [3.05, 3.63) is 71.4 Å². The van der Waals surface area contributed by atoms with Gasteiger partial charge in [-0.25, -0.2) is 13.5 Å². The van der Waals surface area contributed by atoms with Crippen LogP contribution in [0.25, 0.3) is 5.69 Å². The van der Waals surface area contributed by atoms with Crippen LogP contribution in [-0.4, -0.2) is 39.8 Å². The molecule has 0 N–H and O–H groups in total. The summed E-state index contributed by atoms with van der Waals surface area (Å²) >= 11 is 0. The second kappa shape index (κ2) is 9.54. The fraction of sp³-hybridized carbons (Fsp3) is 0.385. The SMILES string of the molecule is Cc1nn(-c2ccccc2)c(Oc2ccc(F)cc2F)c1CN(CC1CCCO1)C(=O)C1CC1. The zero-order valence-corrected chi connectivity index (χ0v) is 19.0. The maximum atomic E-state index is 14.5. The number of carbonyl (C=O) groups excluding carboxylic acids is 1. The summed E-state index contributed by atoms with van der Waals surface area (Å²) in [5, 5.41) is 4.65. The standard InChI is InChI=1S/C26H27F2N3O3/c1-17-22(16-30(25(32)18-9-10-18)15-21-8-5-13-33-21)26(31(29-17)20-6-3-2-4-7-20)34-24-12-11-19(27)14-23(24)28/h2-4,6-7,11-12,14,18,21H,5,8-10,13,15-16H2,1H3. The van der Waals surface area contributed by atoms with Crippen LogP contribution in [0.1, 0.15) is 36.9 Å². The summed E-state index contributed by atoms with van der Waals surface area (Å²) in [6, 6.07) is 12.5. The van der Waals surface area contributed by atoms with Crippen molar-refractivity contribution in [2.24, 2.45) is 5.92 Å². The Bertz CT molecular complexity index is 1170. The molecule has 1 unspecified atom stereocenters. The molecule has 0 spiro atoms. The molecule has 1 amide bonds. The van der Waals surface area contributed by atoms with Gasteiger partial charge in [-0.2, -0.15) is 5.10 Å². The monoisotopic (exact) mass is 467 g/mol. The molecule has 2 aromatic carbocycles. The van der Waals surface area contributed by atoms with Gasteiger partial charge in [-0.1, -0.05) is 18.2 Å². The smallest absolute Gasteiger partial charge is 0.228 e. The summed E-state index contributed by atoms with van der Waals surface area (Å²) in [6.45, 7) is 3.31. The minimum Gasteiger partial charge on any atom is -0.435 e. The first kappa shape index (κ1) is 22.5. The molecule has 178 valence electrons. The van der Waals surface area contributed by atoms with Gasteiger partial charge in [-0.15, -0.1) is 0 Å². The average Bonchev–Trinajstić information content (AvgIpc) is 3.48. The van der Waals surface area contributed by atoms with E-state index in [1.165, 1.54) is 6.07 Å². The Morgan fingerprint density at radius 1 is 1.18 bits per heavy atom. The third kappa shape index (κ3) is 4.82. The van der Waals surface area contributed by atoms with Gasteiger partial charge in [-0.3, -0.25) is 4.79 Å². The molecular formula is C26H27F2N3O3. The van der Waals surface area contributed by atoms with E-state index in [1.807, 2.05) is 42.2 Å². The maximum Gasteiger partial charge on any atom is 0.228 e. The number of carbonyl (C=O) groups is 1. The zero-order valence-electron chi connectivity index (χ0n) is 19.0. The van der Waals surface area contributed by atoms with Crippen molar-refractivity contribution in [3.8, 4) is 17.3 Å². The quantitative estimate of drug-likeness (QED) is 0.459. The minimum atomic E-state index is -0.810. The first-order chi connectivity index (χ1) is 16.5. The van der Waals surface area contributed by atoms with Crippen LogP contribution in [0.3, 0.4) is 0 Å². The molecule has 1 aliphatic heterocycles. The van der Waals surface area contributed by atoms with Crippen molar-refractivity contribution in [3.63, 3.8) is 0 Å². The average molecular weight is 468 g/mol. The lowest BCUT2D eigenvalue weighted by atomic mass is 10.1. The van der Waals surface area contributed by atoms with Crippen molar-refractivity contribution < 1.29 is 23.0 Å². The molecule has 1 aromatic heterocycles. The molecule has 0 bridgehead atoms. The van der Waals surface area contributed by atoms with E-state index >= 15 is 0 Å². The normalized spacial score (nSPS) is 17.7. The predicted octanol–water partition coefficient (Wildman–Crippen LogP) is 5.17. The van der Waals surface area contributed by atoms with Crippen molar-refractivity contribution in [2.45, 2.75) is 45.3 Å². The van der Waals surface area contributed by atoms with Gasteiger partial charge in [-0.05, 0) is 56.9 Å². The summed E-state index contributed by atoms with van der Waals surface area (Å²) in [5.74, 6) is -1.16. The molecule has 1 saturated carbocycles. The number of benzene rings is 2. The van der Waals surface area contributed by atoms with Crippen molar-refractivity contribution in [1.82, 2.24) is 14.7 Å². The van der Waals surface area contributed by atoms with Gasteiger partial charge in [0.2, 0.25) is 11.8 Å². The van der Waals surface area contributed by atoms with Gasteiger partial charge in [0.05, 0.1) is 29.6 Å². The molecule has 2 aliphatic rings. The van der Waals surface area contributed by atoms with Crippen LogP contribution in [0.2, 0.25) is 0 Å². The number of rotatable bonds is 8. The zero-order chi connectivity index (χ0) is 23.7. The number of hydrogen-bond donors (Lipinski definition) is 0. The Labute approximate surface area is 197 Å². The van der Waals surface area contributed by atoms with Crippen LogP contribution >= 0.6 is 0 Å². The molecule has 34 heavy (non-hydrogen) atoms. The van der Waals surface area contributed by atoms with Gasteiger partial charge in [0, 0.05) is 25.1 Å². The largest absolute Gasteiger partial charge is 0.435 e. The molecule has 2 heterocycles. The van der Waals surface area contributed by atoms with E-state index < -0.39 is 11.6 Å². The topological polar surface area (TPSA) is 56.6 Å². The Kier molecular flexibility index (Phi) is 6.32. The maximum absolute atomic E-state index is 14.5. The van der Waals surface area contributed by atoms with Gasteiger partial charge in [0.15, 0.2) is 11.6 Å². The number of hydrogen-bond acceptors (Lipinski definition) is 4. The van der Waals surface area contributed by atoms with E-state index in [0.29, 0.717) is 30.3 Å². The lowest BCUT2D eigenvalue weighted by Gasteiger charge is -2.26. The summed E-state index contributed by atoms with van der Waals surface area (Å²) in [4.78, 5) is 15.0. The summed E-state index contributed by atoms with van der Waals surface area (Å²) in [5.41, 5.74) is 2.08. The highest BCUT2D eigenvalue weighted by atomic mass is 19.1. The van der Waals surface area contributed by atoms with Crippen LogP contribution in [0.4, 0.5) is 8.78 Å². The number of nitrogens with zero attached hydrogens (tertiary/aromatic N) is 3. The van der Waals surface area contributed by atoms with Gasteiger partial charge in [0.1, 0.15) is 5.82 Å². The first-order valence-electron chi connectivity index (χ1n) is 11.7. The summed E-state index contributed by atoms with van der Waals surface area (Å²) in [7, 11) is 0. The Hall–Kier alpha value is -3.26. The lowest BCUT2D eigenvalue weighted by Crippen LogP contribution is -2.38. The van der Waals surface area contributed by atoms with Gasteiger partial charge >= 0.3 is 0 Å². The number of aromatic nitrogens is 2. The number of para-hydroxylation sites is 1. The summed E-state index contributed by atoms with van der Waals surface area (Å²) < 4.78 is 41.4. The molecular weight excluding hydrogens is 440 g/mol. The molecule has 1 atom stereocenters. The molecule has 8 heteroatoms. The van der Waals surface area contributed by atoms with E-state index in [-0.39, 0.29) is 30.2 Å². The highest BCUT2D eigenvalue weighted by Gasteiger charge is 2.36. The third-order valence-corrected chi connectivity index (χ3v) is 6.27. The van der Waals surface area contributed by atoms with Crippen LogP contribution in [0, 0.1) is 24.5 Å². The van der Waals surface area contributed by atoms with Crippen LogP contribution in [0.15, 0.2) is 48.5 Å². The first-order valence-corrected chi connectivity index (χ1v) is 11.7. The highest BCUT2D eigenvalue weighted by Crippen LogP contribution is 2.36. The van der Waals surface area contributed by atoms with E-state index in [2.05, 4.69) is 5.10 Å². The van der Waals surface area contributed by atoms with Crippen LogP contribution < -0.4 is 4.74 Å². The van der Waals surface area contributed by atoms with Crippen molar-refractivity contribution in [1.29, 1.82) is 0 Å². The van der Waals surface area contributed by atoms with E-state index in [0.717, 1.165) is 43.5 Å². The van der Waals surface area contributed by atoms with Gasteiger partial charge in [0.25, 0.3) is 0 Å². The molecule has 1 aliphatic carbocycles. The Balaban J connectivity index is 1.53. The second-order valence-electron chi connectivity index (χ2n) is 8.92. The number of halogens is 2. The fourth-order valence-corrected chi connectivity index (χ4v) is 4.28. The Morgan fingerprint density at radius 2 is 1.97 bits per heavy atom. The minimum absolute atomic E-state index is 0.00563. The van der Waals surface area contributed by atoms with Gasteiger partial charge < -0.3 is 14.4 Å². The third-order valence-electron chi connectivity index (χ3n) is 6.27.